The fraction of sp³-hybridized carbons (Fsp3) is 0.181. The standard InChI is InChI=1S/C18H18O2.C16H14O.C15H13BrO2.C15H13O2.C13H9BrO.C3H5Br.C2H6O2.CH4.BrH.Mg/c1-2-6-15-9-11-17(12-10-15)18(19-13-14-20-18)16-7-4-3-5-8-16;1-2-6-13-9-11-15(12-10-13)16(17)14-7-4-3-5-8-14;16-14-8-6-13(7-9-14)15(17-10-11-18-15)12-4-2-1-3-5-12;1-3-7-13(8-4-1)15(16-11-12-17-15)14-9-5-2-6-10-14;14-12-8-6-11(7-9-12)13(15)10-4-2-1-3-5-10;1-2-3-4;3-1-2-4;;;/h2-5,7-12H,1,6,13-14H2;2-5,7-12H,1,6H2;1-9H,10-11H2;1,3-10H,11-12H2;1-9H;2H,1,3H2;3-4H,1-2H2;1H4;1H;/q;;;-1;;;;;;+2/p-1. The molecule has 504 valence electrons. The van der Waals surface area contributed by atoms with Crippen LogP contribution in [-0.4, -0.2) is 103 Å². The molecule has 0 atom stereocenters. The molecular formula is C83H82Br4MgO10. The van der Waals surface area contributed by atoms with Gasteiger partial charge in [-0.25, -0.2) is 0 Å². The molecule has 0 saturated carbocycles. The predicted molar refractivity (Wildman–Crippen MR) is 402 cm³/mol. The van der Waals surface area contributed by atoms with Crippen molar-refractivity contribution in [3.05, 3.63) is 393 Å². The van der Waals surface area contributed by atoms with Gasteiger partial charge in [-0.2, -0.15) is 30.3 Å². The average Bonchev–Trinajstić information content (AvgIpc) is 1.53. The van der Waals surface area contributed by atoms with Crippen LogP contribution >= 0.6 is 47.8 Å². The van der Waals surface area contributed by atoms with Gasteiger partial charge in [-0.3, -0.25) is 9.59 Å². The molecule has 3 aliphatic rings. The summed E-state index contributed by atoms with van der Waals surface area (Å²) in [6.07, 6.45) is 7.26. The number of ether oxygens (including phenoxy) is 6. The Morgan fingerprint density at radius 2 is 0.612 bits per heavy atom. The number of carbonyl (C=O) groups excluding carboxylic acids is 2. The molecule has 0 spiro atoms. The van der Waals surface area contributed by atoms with Crippen LogP contribution in [0.4, 0.5) is 0 Å². The third kappa shape index (κ3) is 24.5. The van der Waals surface area contributed by atoms with Gasteiger partial charge in [0, 0.05) is 64.3 Å². The van der Waals surface area contributed by atoms with E-state index in [0.29, 0.717) is 45.2 Å². The Bertz CT molecular complexity index is 3780. The molecule has 3 fully saturated rings. The molecule has 3 aliphatic heterocycles. The van der Waals surface area contributed by atoms with Crippen LogP contribution in [0.25, 0.3) is 0 Å². The molecule has 0 unspecified atom stereocenters. The topological polar surface area (TPSA) is 130 Å². The molecular weight excluding hydrogens is 1500 g/mol. The quantitative estimate of drug-likeness (QED) is 0.0317. The Labute approximate surface area is 630 Å². The van der Waals surface area contributed by atoms with Gasteiger partial charge in [-0.05, 0) is 60.4 Å². The summed E-state index contributed by atoms with van der Waals surface area (Å²) in [5.74, 6) is -2.12. The zero-order valence-corrected chi connectivity index (χ0v) is 61.7. The number of ketones is 2. The molecule has 2 N–H and O–H groups in total. The SMILES string of the molecule is Brc1ccc(C2(c3ccccc3)OCCO2)cc1.C.C=CCBr.C=CCc1ccc(C(=O)c2ccccc2)cc1.C=CCc1ccc(C2(c3ccccc3)OCCO2)cc1.O=C(c1ccccc1)c1ccc(Br)cc1.OCCO.[Br-].[Mg+2].[c-]1ccc(C2(c3ccccc3)OCCO2)cc1. The van der Waals surface area contributed by atoms with E-state index >= 15 is 0 Å². The monoisotopic (exact) mass is 1580 g/mol. The summed E-state index contributed by atoms with van der Waals surface area (Å²) >= 11 is 9.92. The number of hydrogen-bond acceptors (Lipinski definition) is 10. The predicted octanol–water partition coefficient (Wildman–Crippen LogP) is 15.2. The molecule has 3 saturated heterocycles. The van der Waals surface area contributed by atoms with Crippen LogP contribution in [0.3, 0.4) is 0 Å². The summed E-state index contributed by atoms with van der Waals surface area (Å²) in [5, 5.41) is 16.1. The van der Waals surface area contributed by atoms with Crippen molar-refractivity contribution < 1.29 is 65.2 Å². The fourth-order valence-corrected chi connectivity index (χ4v) is 10.6. The maximum absolute atomic E-state index is 12.1. The molecule has 10 nitrogen and oxygen atoms in total. The van der Waals surface area contributed by atoms with Crippen LogP contribution in [0, 0.1) is 6.07 Å². The Kier molecular flexibility index (Phi) is 39.0. The number of hydrogen-bond donors (Lipinski definition) is 2. The molecule has 13 rings (SSSR count). The van der Waals surface area contributed by atoms with E-state index in [1.165, 1.54) is 11.1 Å². The number of allylic oxidation sites excluding steroid dienone is 3. The second kappa shape index (κ2) is 45.7. The van der Waals surface area contributed by atoms with Crippen LogP contribution < -0.4 is 17.0 Å². The van der Waals surface area contributed by atoms with E-state index in [1.807, 2.05) is 261 Å². The van der Waals surface area contributed by atoms with Gasteiger partial charge in [0.05, 0.1) is 52.9 Å². The van der Waals surface area contributed by atoms with Gasteiger partial charge >= 0.3 is 23.1 Å². The molecule has 0 bridgehead atoms. The summed E-state index contributed by atoms with van der Waals surface area (Å²) in [4.78, 5) is 24.0. The molecule has 0 radical (unpaired) electrons. The van der Waals surface area contributed by atoms with Gasteiger partial charge in [-0.15, -0.1) is 19.7 Å². The number of alkyl halides is 1. The molecule has 98 heavy (non-hydrogen) atoms. The van der Waals surface area contributed by atoms with Crippen molar-refractivity contribution in [2.45, 2.75) is 37.6 Å². The number of halogens is 4. The maximum Gasteiger partial charge on any atom is 2.00 e. The summed E-state index contributed by atoms with van der Waals surface area (Å²) in [5.41, 5.74) is 11.5. The van der Waals surface area contributed by atoms with Crippen molar-refractivity contribution in [2.75, 3.05) is 58.2 Å². The summed E-state index contributed by atoms with van der Waals surface area (Å²) in [7, 11) is 0. The molecule has 10 aromatic rings. The van der Waals surface area contributed by atoms with E-state index in [4.69, 9.17) is 38.6 Å². The Balaban J connectivity index is 0.000000252. The summed E-state index contributed by atoms with van der Waals surface area (Å²) < 4.78 is 37.6. The van der Waals surface area contributed by atoms with E-state index in [9.17, 15) is 9.59 Å². The molecule has 0 aliphatic carbocycles. The van der Waals surface area contributed by atoms with Crippen LogP contribution in [0.2, 0.25) is 0 Å². The average molecular weight is 1580 g/mol. The zero-order valence-electron chi connectivity index (χ0n) is 54.0. The van der Waals surface area contributed by atoms with Gasteiger partial charge < -0.3 is 55.6 Å². The van der Waals surface area contributed by atoms with Crippen molar-refractivity contribution in [3.8, 4) is 0 Å². The van der Waals surface area contributed by atoms with Crippen molar-refractivity contribution in [1.29, 1.82) is 0 Å². The second-order valence-corrected chi connectivity index (χ2v) is 23.5. The first-order chi connectivity index (χ1) is 46.5. The summed E-state index contributed by atoms with van der Waals surface area (Å²) in [6, 6.07) is 91.1. The van der Waals surface area contributed by atoms with Crippen molar-refractivity contribution in [2.24, 2.45) is 0 Å². The van der Waals surface area contributed by atoms with Crippen molar-refractivity contribution in [1.82, 2.24) is 0 Å². The molecule has 15 heteroatoms. The first kappa shape index (κ1) is 83.5. The normalized spacial score (nSPS) is 13.7. The smallest absolute Gasteiger partial charge is 1.00 e. The van der Waals surface area contributed by atoms with Gasteiger partial charge in [0.2, 0.25) is 11.6 Å². The first-order valence-electron chi connectivity index (χ1n) is 31.0. The van der Waals surface area contributed by atoms with Crippen molar-refractivity contribution >= 4 is 82.4 Å². The van der Waals surface area contributed by atoms with Crippen molar-refractivity contribution in [3.63, 3.8) is 0 Å². The number of benzene rings is 10. The molecule has 3 heterocycles. The van der Waals surface area contributed by atoms with E-state index in [1.54, 1.807) is 6.08 Å². The Hall–Kier alpha value is -6.87. The molecule has 10 aromatic carbocycles. The molecule has 0 aromatic heterocycles. The van der Waals surface area contributed by atoms with Crippen LogP contribution in [0.1, 0.15) is 83.8 Å². The van der Waals surface area contributed by atoms with E-state index in [-0.39, 0.29) is 72.2 Å². The number of rotatable bonds is 16. The number of aliphatic hydroxyl groups excluding tert-OH is 2. The molecule has 0 amide bonds. The van der Waals surface area contributed by atoms with Gasteiger partial charge in [0.25, 0.3) is 0 Å². The number of aliphatic hydroxyl groups is 2. The Morgan fingerprint density at radius 1 is 0.378 bits per heavy atom. The van der Waals surface area contributed by atoms with Gasteiger partial charge in [0.15, 0.2) is 17.4 Å². The third-order valence-electron chi connectivity index (χ3n) is 14.6. The van der Waals surface area contributed by atoms with Crippen LogP contribution in [0.15, 0.2) is 320 Å². The minimum Gasteiger partial charge on any atom is -1.00 e. The second-order valence-electron chi connectivity index (χ2n) is 21.0. The third-order valence-corrected chi connectivity index (χ3v) is 16.1. The minimum absolute atomic E-state index is 0. The van der Waals surface area contributed by atoms with Crippen LogP contribution in [0.5, 0.6) is 0 Å². The zero-order chi connectivity index (χ0) is 67.4. The van der Waals surface area contributed by atoms with Gasteiger partial charge in [-0.1, -0.05) is 291 Å². The van der Waals surface area contributed by atoms with Gasteiger partial charge in [0.1, 0.15) is 0 Å². The fourth-order valence-electron chi connectivity index (χ4n) is 10.1. The van der Waals surface area contributed by atoms with E-state index in [2.05, 4.69) is 97.9 Å². The Morgan fingerprint density at radius 3 is 0.898 bits per heavy atom. The van der Waals surface area contributed by atoms with E-state index < -0.39 is 17.4 Å². The summed E-state index contributed by atoms with van der Waals surface area (Å²) in [6.45, 7) is 14.3. The largest absolute Gasteiger partial charge is 2.00 e. The minimum atomic E-state index is -0.756. The maximum atomic E-state index is 12.1. The first-order valence-corrected chi connectivity index (χ1v) is 33.7. The number of carbonyl (C=O) groups is 2. The van der Waals surface area contributed by atoms with Crippen LogP contribution in [-0.2, 0) is 58.6 Å². The van der Waals surface area contributed by atoms with E-state index in [0.717, 1.165) is 77.2 Å².